The molecule has 19 nitrogen and oxygen atoms in total. The third-order valence-corrected chi connectivity index (χ3v) is 11.3. The van der Waals surface area contributed by atoms with Gasteiger partial charge in [-0.25, -0.2) is 9.59 Å². The van der Waals surface area contributed by atoms with Crippen molar-refractivity contribution in [3.8, 4) is 22.8 Å². The zero-order valence-corrected chi connectivity index (χ0v) is 33.2. The van der Waals surface area contributed by atoms with E-state index in [0.717, 1.165) is 4.90 Å². The molecule has 1 heterocycles. The number of ketones is 4. The van der Waals surface area contributed by atoms with Crippen molar-refractivity contribution in [2.75, 3.05) is 58.6 Å². The van der Waals surface area contributed by atoms with Gasteiger partial charge in [-0.05, 0) is 75.7 Å². The number of hydrogen-bond acceptors (Lipinski definition) is 17. The predicted octanol–water partition coefficient (Wildman–Crippen LogP) is 0.793. The Morgan fingerprint density at radius 2 is 1.75 bits per heavy atom. The predicted molar refractivity (Wildman–Crippen MR) is 206 cm³/mol. The number of phenols is 1. The lowest BCUT2D eigenvalue weighted by molar-refractivity contribution is -0.181. The first-order valence-electron chi connectivity index (χ1n) is 18.6. The summed E-state index contributed by atoms with van der Waals surface area (Å²) in [6.07, 6.45) is -0.532. The van der Waals surface area contributed by atoms with Crippen molar-refractivity contribution in [3.63, 3.8) is 0 Å². The van der Waals surface area contributed by atoms with E-state index in [1.54, 1.807) is 56.3 Å². The molecule has 7 atom stereocenters. The van der Waals surface area contributed by atoms with Gasteiger partial charge >= 0.3 is 11.9 Å². The Morgan fingerprint density at radius 3 is 2.34 bits per heavy atom. The van der Waals surface area contributed by atoms with Crippen LogP contribution in [0.25, 0.3) is 11.3 Å². The number of hydrogen-bond donors (Lipinski definition) is 4. The van der Waals surface area contributed by atoms with Crippen LogP contribution in [0, 0.1) is 23.7 Å². The fourth-order valence-electron chi connectivity index (χ4n) is 8.70. The number of likely N-dealkylation sites (N-methyl/N-ethyl adjacent to an activating group) is 1. The Labute approximate surface area is 337 Å². The van der Waals surface area contributed by atoms with Gasteiger partial charge in [-0.15, -0.1) is 0 Å². The number of methoxy groups -OCH3 is 1. The molecule has 3 aliphatic rings. The molecule has 0 saturated heterocycles. The van der Waals surface area contributed by atoms with E-state index in [2.05, 4.69) is 5.32 Å². The maximum Gasteiger partial charge on any atom is 0.519 e. The Morgan fingerprint density at radius 1 is 1.07 bits per heavy atom. The molecule has 0 spiro atoms. The number of fused-ring (bicyclic) bond motifs is 3. The molecule has 59 heavy (non-hydrogen) atoms. The summed E-state index contributed by atoms with van der Waals surface area (Å²) in [5.41, 5.74) is 3.67. The smallest absolute Gasteiger partial charge is 0.505 e. The maximum atomic E-state index is 14.4. The average Bonchev–Trinajstić information content (AvgIpc) is 3.55. The molecule has 2 aromatic carbocycles. The molecule has 0 bridgehead atoms. The number of benzene rings is 2. The number of aromatic hydroxyl groups is 1. The Kier molecular flexibility index (Phi) is 11.6. The number of nitrogens with zero attached hydrogens (tertiary/aromatic N) is 3. The maximum absolute atomic E-state index is 14.4. The minimum absolute atomic E-state index is 0.0242. The molecule has 1 aromatic heterocycles. The largest absolute Gasteiger partial charge is 0.519 e. The number of nitrogens with two attached hydrogens (primary N) is 1. The van der Waals surface area contributed by atoms with Crippen molar-refractivity contribution >= 4 is 52.8 Å². The summed E-state index contributed by atoms with van der Waals surface area (Å²) in [5, 5.41) is 26.7. The quantitative estimate of drug-likeness (QED) is 0.105. The molecule has 2 amide bonds. The van der Waals surface area contributed by atoms with Gasteiger partial charge in [0.15, 0.2) is 52.8 Å². The fourth-order valence-corrected chi connectivity index (χ4v) is 8.70. The third-order valence-electron chi connectivity index (χ3n) is 11.3. The summed E-state index contributed by atoms with van der Waals surface area (Å²) in [4.78, 5) is 109. The number of phenolic OH excluding ortho intramolecular Hbond substituents is 1. The molecule has 19 heteroatoms. The van der Waals surface area contributed by atoms with E-state index in [1.165, 1.54) is 26.1 Å². The topological polar surface area (TPSA) is 270 Å². The van der Waals surface area contributed by atoms with Crippen LogP contribution in [-0.4, -0.2) is 128 Å². The average molecular weight is 820 g/mol. The van der Waals surface area contributed by atoms with Crippen LogP contribution >= 0.6 is 0 Å². The minimum Gasteiger partial charge on any atom is -0.505 e. The highest BCUT2D eigenvalue weighted by molar-refractivity contribution is 6.32. The monoisotopic (exact) mass is 819 g/mol. The molecule has 2 fully saturated rings. The number of aliphatic hydroxyl groups is 1. The highest BCUT2D eigenvalue weighted by Crippen LogP contribution is 2.53. The van der Waals surface area contributed by atoms with Gasteiger partial charge in [-0.3, -0.25) is 33.8 Å². The number of Topliss-reactive ketones (excluding diaryl/α,β-unsaturated/α-hetero) is 4. The Bertz CT molecular complexity index is 2280. The van der Waals surface area contributed by atoms with E-state index in [1.807, 2.05) is 0 Å². The van der Waals surface area contributed by atoms with E-state index in [4.69, 9.17) is 24.0 Å². The van der Waals surface area contributed by atoms with E-state index in [9.17, 15) is 48.6 Å². The number of ether oxygens (including phenoxy) is 2. The second-order valence-electron chi connectivity index (χ2n) is 15.4. The van der Waals surface area contributed by atoms with Gasteiger partial charge in [0, 0.05) is 43.9 Å². The van der Waals surface area contributed by atoms with Gasteiger partial charge in [0.2, 0.25) is 5.91 Å². The molecule has 0 radical (unpaired) electrons. The number of carbonyl (C=O) groups is 7. The molecule has 6 rings (SSSR count). The standard InChI is InChI=1S/C40H45N5O14/c1-18(16-45(11-12-46)38(53)57-17-26-34(59-39(54)58-26)19-7-9-21(56-6)10-8-19)42-24-15-25(43(2)3)22-13-20-14-23-30(44(4)5)33(49)29(37(41)52)36(51)40(23,55)35(50)27(20)32(48)28(22)31(24)47/h7-10,12,15,18,20,23,27,29-30,42,47,55H,11,13-14,16-17H2,1-6H3,(H2,41,52)/t18?,20?,23?,27?,29?,30-,40-/m0/s1. The van der Waals surface area contributed by atoms with Gasteiger partial charge < -0.3 is 49.3 Å². The fraction of sp³-hybridized carbons (Fsp3) is 0.450. The van der Waals surface area contributed by atoms with Crippen molar-refractivity contribution in [2.45, 2.75) is 44.1 Å². The molecule has 5 unspecified atom stereocenters. The van der Waals surface area contributed by atoms with E-state index in [-0.39, 0.29) is 42.2 Å². The van der Waals surface area contributed by atoms with Crippen LogP contribution in [-0.2, 0) is 41.7 Å². The lowest BCUT2D eigenvalue weighted by Crippen LogP contribution is -2.74. The van der Waals surface area contributed by atoms with Crippen LogP contribution in [0.2, 0.25) is 0 Å². The van der Waals surface area contributed by atoms with Crippen LogP contribution in [0.5, 0.6) is 11.5 Å². The first-order valence-corrected chi connectivity index (χ1v) is 18.6. The number of rotatable bonds is 13. The molecular formula is C40H45N5O14. The van der Waals surface area contributed by atoms with Crippen molar-refractivity contribution in [1.29, 1.82) is 0 Å². The van der Waals surface area contributed by atoms with Gasteiger partial charge in [-0.2, -0.15) is 0 Å². The zero-order chi connectivity index (χ0) is 43.2. The van der Waals surface area contributed by atoms with E-state index in [0.29, 0.717) is 28.8 Å². The van der Waals surface area contributed by atoms with Gasteiger partial charge in [0.25, 0.3) is 0 Å². The second kappa shape index (κ2) is 16.1. The van der Waals surface area contributed by atoms with Crippen molar-refractivity contribution in [3.05, 3.63) is 57.8 Å². The normalized spacial score (nSPS) is 24.1. The first-order chi connectivity index (χ1) is 27.8. The molecule has 3 aromatic rings. The van der Waals surface area contributed by atoms with Gasteiger partial charge in [-0.1, -0.05) is 0 Å². The SMILES string of the molecule is COc1ccc(-c2oc(=O)oc2COC(=O)N(CC=O)CC(C)Nc2cc(N(C)C)c3c(c2O)C(=O)C2C(=O)[C@]4(O)C(=O)C(C(N)=O)C(=O)[C@@H](N(C)C)C4CC2C3)cc1. The number of anilines is 2. The van der Waals surface area contributed by atoms with Crippen molar-refractivity contribution in [2.24, 2.45) is 29.4 Å². The zero-order valence-electron chi connectivity index (χ0n) is 33.2. The van der Waals surface area contributed by atoms with Gasteiger partial charge in [0.1, 0.15) is 17.8 Å². The Balaban J connectivity index is 1.24. The van der Waals surface area contributed by atoms with Crippen LogP contribution in [0.3, 0.4) is 0 Å². The number of carbonyl (C=O) groups excluding carboxylic acids is 7. The molecule has 314 valence electrons. The summed E-state index contributed by atoms with van der Waals surface area (Å²) < 4.78 is 20.8. The molecule has 3 aliphatic carbocycles. The number of amides is 2. The van der Waals surface area contributed by atoms with Crippen LogP contribution in [0.15, 0.2) is 44.0 Å². The first kappa shape index (κ1) is 42.3. The summed E-state index contributed by atoms with van der Waals surface area (Å²) in [6.45, 7) is 0.516. The lowest BCUT2D eigenvalue weighted by Gasteiger charge is -2.52. The summed E-state index contributed by atoms with van der Waals surface area (Å²) in [7, 11) is 7.92. The number of aldehydes is 1. The van der Waals surface area contributed by atoms with E-state index < -0.39 is 101 Å². The molecule has 5 N–H and O–H groups in total. The minimum atomic E-state index is -2.88. The summed E-state index contributed by atoms with van der Waals surface area (Å²) in [6, 6.07) is 6.11. The second-order valence-corrected chi connectivity index (χ2v) is 15.4. The van der Waals surface area contributed by atoms with Crippen molar-refractivity contribution in [1.82, 2.24) is 9.80 Å². The molecule has 0 aliphatic heterocycles. The molecular weight excluding hydrogens is 774 g/mol. The Hall–Kier alpha value is -6.34. The van der Waals surface area contributed by atoms with Gasteiger partial charge in [0.05, 0.1) is 36.9 Å². The number of nitrogens with one attached hydrogen (secondary N) is 1. The highest BCUT2D eigenvalue weighted by atomic mass is 16.6. The van der Waals surface area contributed by atoms with Crippen LogP contribution in [0.4, 0.5) is 16.2 Å². The summed E-state index contributed by atoms with van der Waals surface area (Å²) >= 11 is 0. The van der Waals surface area contributed by atoms with Crippen LogP contribution < -0.4 is 26.5 Å². The molecule has 2 saturated carbocycles. The third kappa shape index (κ3) is 7.35. The summed E-state index contributed by atoms with van der Waals surface area (Å²) in [5.74, 6) is -12.4. The highest BCUT2D eigenvalue weighted by Gasteiger charge is 2.69. The van der Waals surface area contributed by atoms with Crippen LogP contribution in [0.1, 0.15) is 35.0 Å². The lowest BCUT2D eigenvalue weighted by atomic mass is 9.52. The van der Waals surface area contributed by atoms with Crippen molar-refractivity contribution < 1.29 is 62.1 Å². The number of primary amides is 1. The van der Waals surface area contributed by atoms with E-state index >= 15 is 0 Å².